The largest absolute Gasteiger partial charge is 0.453 e. The van der Waals surface area contributed by atoms with Gasteiger partial charge >= 0.3 is 6.09 Å². The Bertz CT molecular complexity index is 397. The number of halogens is 1. The monoisotopic (exact) mass is 286 g/mol. The molecule has 1 aromatic rings. The van der Waals surface area contributed by atoms with E-state index in [4.69, 9.17) is 0 Å². The van der Waals surface area contributed by atoms with Crippen LogP contribution in [0.3, 0.4) is 0 Å². The zero-order valence-corrected chi connectivity index (χ0v) is 12.8. The van der Waals surface area contributed by atoms with Crippen molar-refractivity contribution in [1.82, 2.24) is 10.2 Å². The molecule has 1 N–H and O–H groups in total. The number of benzene rings is 1. The first kappa shape index (κ1) is 17.7. The van der Waals surface area contributed by atoms with Gasteiger partial charge in [-0.05, 0) is 31.0 Å². The third kappa shape index (κ3) is 5.09. The van der Waals surface area contributed by atoms with Crippen LogP contribution < -0.4 is 5.32 Å². The van der Waals surface area contributed by atoms with Gasteiger partial charge in [-0.1, -0.05) is 24.3 Å². The number of rotatable bonds is 1. The molecule has 4 nitrogen and oxygen atoms in total. The Morgan fingerprint density at radius 2 is 2.00 bits per heavy atom. The van der Waals surface area contributed by atoms with Crippen molar-refractivity contribution in [1.29, 1.82) is 0 Å². The molecule has 0 bridgehead atoms. The minimum atomic E-state index is -0.319. The lowest BCUT2D eigenvalue weighted by Gasteiger charge is -2.08. The Balaban J connectivity index is 0.000000360. The van der Waals surface area contributed by atoms with Crippen molar-refractivity contribution in [3.8, 4) is 0 Å². The number of carbonyl (C=O) groups excluding carboxylic acids is 1. The molecule has 0 radical (unpaired) electrons. The van der Waals surface area contributed by atoms with Crippen LogP contribution in [0.4, 0.5) is 4.79 Å². The van der Waals surface area contributed by atoms with Gasteiger partial charge in [-0.2, -0.15) is 0 Å². The van der Waals surface area contributed by atoms with E-state index in [0.717, 1.165) is 0 Å². The summed E-state index contributed by atoms with van der Waals surface area (Å²) in [4.78, 5) is 11.6. The van der Waals surface area contributed by atoms with Gasteiger partial charge in [0.2, 0.25) is 0 Å². The molecule has 19 heavy (non-hydrogen) atoms. The zero-order valence-electron chi connectivity index (χ0n) is 12.0. The maximum absolute atomic E-state index is 10.2. The molecule has 1 aliphatic rings. The van der Waals surface area contributed by atoms with Gasteiger partial charge in [-0.3, -0.25) is 0 Å². The molecular weight excluding hydrogens is 264 g/mol. The normalized spacial score (nSPS) is 15.5. The van der Waals surface area contributed by atoms with Gasteiger partial charge in [0.05, 0.1) is 7.11 Å². The maximum Gasteiger partial charge on any atom is 0.408 e. The molecule has 0 spiro atoms. The highest BCUT2D eigenvalue weighted by Gasteiger charge is 2.19. The van der Waals surface area contributed by atoms with Crippen molar-refractivity contribution in [2.75, 3.05) is 28.3 Å². The molecule has 1 amide bonds. The van der Waals surface area contributed by atoms with E-state index in [2.05, 4.69) is 34.3 Å². The summed E-state index contributed by atoms with van der Waals surface area (Å²) in [6.07, 6.45) is 2.18. The van der Waals surface area contributed by atoms with Crippen LogP contribution in [0, 0.1) is 0 Å². The minimum absolute atomic E-state index is 0. The summed E-state index contributed by atoms with van der Waals surface area (Å²) >= 11 is 0. The highest BCUT2D eigenvalue weighted by atomic mass is 35.5. The second-order valence-electron chi connectivity index (χ2n) is 4.44. The fourth-order valence-electron chi connectivity index (χ4n) is 2.04. The van der Waals surface area contributed by atoms with Crippen molar-refractivity contribution >= 4 is 18.5 Å². The fraction of sp³-hybridized carbons (Fsp3) is 0.500. The van der Waals surface area contributed by atoms with Crippen LogP contribution in [0.5, 0.6) is 0 Å². The predicted molar refractivity (Wildman–Crippen MR) is 79.9 cm³/mol. The number of methoxy groups -OCH3 is 1. The fourth-order valence-corrected chi connectivity index (χ4v) is 2.04. The Labute approximate surface area is 121 Å². The quantitative estimate of drug-likeness (QED) is 0.863. The Morgan fingerprint density at radius 1 is 1.37 bits per heavy atom. The van der Waals surface area contributed by atoms with E-state index in [1.54, 1.807) is 14.1 Å². The molecule has 0 saturated heterocycles. The summed E-state index contributed by atoms with van der Waals surface area (Å²) in [5.74, 6) is 0. The number of ether oxygens (including phenoxy) is 1. The number of carbonyl (C=O) groups is 1. The summed E-state index contributed by atoms with van der Waals surface area (Å²) in [6, 6.07) is 9.30. The first-order valence-corrected chi connectivity index (χ1v) is 6.10. The number of hydrogen-bond acceptors (Lipinski definition) is 3. The predicted octanol–water partition coefficient (Wildman–Crippen LogP) is 2.63. The Kier molecular flexibility index (Phi) is 8.19. The molecule has 1 aliphatic carbocycles. The molecule has 1 aromatic carbocycles. The van der Waals surface area contributed by atoms with E-state index in [0.29, 0.717) is 6.04 Å². The van der Waals surface area contributed by atoms with Crippen LogP contribution in [0.1, 0.15) is 23.6 Å². The van der Waals surface area contributed by atoms with Crippen LogP contribution in [0.15, 0.2) is 24.3 Å². The Morgan fingerprint density at radius 3 is 2.47 bits per heavy atom. The van der Waals surface area contributed by atoms with Crippen molar-refractivity contribution in [2.24, 2.45) is 0 Å². The van der Waals surface area contributed by atoms with Crippen LogP contribution >= 0.6 is 12.4 Å². The lowest BCUT2D eigenvalue weighted by Crippen LogP contribution is -2.20. The van der Waals surface area contributed by atoms with Gasteiger partial charge < -0.3 is 15.0 Å². The molecule has 108 valence electrons. The van der Waals surface area contributed by atoms with Gasteiger partial charge in [-0.15, -0.1) is 12.4 Å². The molecule has 2 rings (SSSR count). The summed E-state index contributed by atoms with van der Waals surface area (Å²) < 4.78 is 4.30. The minimum Gasteiger partial charge on any atom is -0.453 e. The third-order valence-electron chi connectivity index (χ3n) is 3.02. The molecule has 0 fully saturated rings. The molecule has 0 aliphatic heterocycles. The van der Waals surface area contributed by atoms with Crippen LogP contribution in [0.25, 0.3) is 0 Å². The van der Waals surface area contributed by atoms with E-state index < -0.39 is 0 Å². The smallest absolute Gasteiger partial charge is 0.408 e. The van der Waals surface area contributed by atoms with Crippen molar-refractivity contribution in [3.63, 3.8) is 0 Å². The molecule has 1 unspecified atom stereocenters. The van der Waals surface area contributed by atoms with Gasteiger partial charge in [0.1, 0.15) is 0 Å². The highest BCUT2D eigenvalue weighted by molar-refractivity contribution is 5.85. The second-order valence-corrected chi connectivity index (χ2v) is 4.44. The standard InChI is InChI=1S/C10H13N.C4H9NO2.ClH/c1-11-10-7-6-8-4-2-3-5-9(8)10;1-5(2)4(6)7-3;/h2-5,10-11H,6-7H2,1H3;1-3H3;1H. The van der Waals surface area contributed by atoms with Crippen molar-refractivity contribution < 1.29 is 9.53 Å². The van der Waals surface area contributed by atoms with E-state index in [9.17, 15) is 4.79 Å². The number of nitrogens with zero attached hydrogens (tertiary/aromatic N) is 1. The lowest BCUT2D eigenvalue weighted by molar-refractivity contribution is 0.141. The summed E-state index contributed by atoms with van der Waals surface area (Å²) in [7, 11) is 6.65. The first-order valence-electron chi connectivity index (χ1n) is 6.10. The number of nitrogens with one attached hydrogen (secondary N) is 1. The molecule has 5 heteroatoms. The number of amides is 1. The lowest BCUT2D eigenvalue weighted by atomic mass is 10.1. The molecule has 0 aromatic heterocycles. The highest BCUT2D eigenvalue weighted by Crippen LogP contribution is 2.29. The van der Waals surface area contributed by atoms with Gasteiger partial charge in [-0.25, -0.2) is 4.79 Å². The van der Waals surface area contributed by atoms with Gasteiger partial charge in [0.25, 0.3) is 0 Å². The molecular formula is C14H23ClN2O2. The van der Waals surface area contributed by atoms with Crippen LogP contribution in [0.2, 0.25) is 0 Å². The third-order valence-corrected chi connectivity index (χ3v) is 3.02. The summed E-state index contributed by atoms with van der Waals surface area (Å²) in [5.41, 5.74) is 3.02. The van der Waals surface area contributed by atoms with Crippen LogP contribution in [-0.4, -0.2) is 39.2 Å². The van der Waals surface area contributed by atoms with Crippen molar-refractivity contribution in [3.05, 3.63) is 35.4 Å². The van der Waals surface area contributed by atoms with Crippen LogP contribution in [-0.2, 0) is 11.2 Å². The SMILES string of the molecule is CNC1CCc2ccccc21.COC(=O)N(C)C.Cl. The number of aryl methyl sites for hydroxylation is 1. The molecule has 0 saturated carbocycles. The van der Waals surface area contributed by atoms with Crippen molar-refractivity contribution in [2.45, 2.75) is 18.9 Å². The molecule has 0 heterocycles. The van der Waals surface area contributed by atoms with E-state index >= 15 is 0 Å². The topological polar surface area (TPSA) is 41.6 Å². The first-order chi connectivity index (χ1) is 8.60. The van der Waals surface area contributed by atoms with E-state index in [1.165, 1.54) is 36.0 Å². The Hall–Kier alpha value is -1.26. The average Bonchev–Trinajstić information content (AvgIpc) is 2.81. The zero-order chi connectivity index (χ0) is 13.5. The van der Waals surface area contributed by atoms with Gasteiger partial charge in [0.15, 0.2) is 0 Å². The summed E-state index contributed by atoms with van der Waals surface area (Å²) in [5, 5.41) is 3.32. The number of hydrogen-bond donors (Lipinski definition) is 1. The van der Waals surface area contributed by atoms with E-state index in [1.807, 2.05) is 7.05 Å². The summed E-state index contributed by atoms with van der Waals surface area (Å²) in [6.45, 7) is 0. The van der Waals surface area contributed by atoms with E-state index in [-0.39, 0.29) is 18.5 Å². The van der Waals surface area contributed by atoms with Gasteiger partial charge in [0, 0.05) is 20.1 Å². The number of fused-ring (bicyclic) bond motifs is 1. The molecule has 1 atom stereocenters. The second kappa shape index (κ2) is 8.77. The average molecular weight is 287 g/mol. The maximum atomic E-state index is 10.2.